The first-order valence-electron chi connectivity index (χ1n) is 7.32. The Morgan fingerprint density at radius 1 is 1.21 bits per heavy atom. The molecule has 1 rings (SSSR count). The minimum absolute atomic E-state index is 0.242. The van der Waals surface area contributed by atoms with Gasteiger partial charge in [-0.2, -0.15) is 0 Å². The van der Waals surface area contributed by atoms with Crippen molar-refractivity contribution in [2.45, 2.75) is 45.6 Å². The van der Waals surface area contributed by atoms with Crippen LogP contribution in [0.15, 0.2) is 24.3 Å². The zero-order chi connectivity index (χ0) is 13.9. The van der Waals surface area contributed by atoms with Gasteiger partial charge in [-0.3, -0.25) is 0 Å². The van der Waals surface area contributed by atoms with Crippen LogP contribution in [-0.2, 0) is 6.42 Å². The second-order valence-electron chi connectivity index (χ2n) is 4.92. The standard InChI is InChI=1S/C16H27NO2/c1-3-17-14(2)6-7-15-8-10-16(11-9-15)19-13-5-4-12-18/h8-11,14,17-18H,3-7,12-13H2,1-2H3. The molecule has 1 atom stereocenters. The summed E-state index contributed by atoms with van der Waals surface area (Å²) >= 11 is 0. The maximum Gasteiger partial charge on any atom is 0.119 e. The third kappa shape index (κ3) is 7.19. The quantitative estimate of drug-likeness (QED) is 0.639. The van der Waals surface area contributed by atoms with E-state index < -0.39 is 0 Å². The molecule has 0 bridgehead atoms. The fourth-order valence-corrected chi connectivity index (χ4v) is 1.99. The number of benzene rings is 1. The van der Waals surface area contributed by atoms with Gasteiger partial charge in [-0.1, -0.05) is 19.1 Å². The lowest BCUT2D eigenvalue weighted by atomic mass is 10.1. The summed E-state index contributed by atoms with van der Waals surface area (Å²) in [4.78, 5) is 0. The molecule has 0 radical (unpaired) electrons. The highest BCUT2D eigenvalue weighted by atomic mass is 16.5. The predicted molar refractivity (Wildman–Crippen MR) is 79.7 cm³/mol. The Balaban J connectivity index is 2.27. The van der Waals surface area contributed by atoms with Crippen molar-refractivity contribution < 1.29 is 9.84 Å². The zero-order valence-corrected chi connectivity index (χ0v) is 12.2. The fraction of sp³-hybridized carbons (Fsp3) is 0.625. The van der Waals surface area contributed by atoms with Crippen molar-refractivity contribution in [3.8, 4) is 5.75 Å². The largest absolute Gasteiger partial charge is 0.494 e. The molecule has 3 nitrogen and oxygen atoms in total. The molecule has 0 aliphatic heterocycles. The van der Waals surface area contributed by atoms with E-state index in [2.05, 4.69) is 31.3 Å². The van der Waals surface area contributed by atoms with Crippen LogP contribution in [0.5, 0.6) is 5.75 Å². The number of unbranched alkanes of at least 4 members (excludes halogenated alkanes) is 1. The van der Waals surface area contributed by atoms with Crippen LogP contribution in [0.3, 0.4) is 0 Å². The van der Waals surface area contributed by atoms with E-state index in [1.807, 2.05) is 12.1 Å². The number of hydrogen-bond acceptors (Lipinski definition) is 3. The number of aliphatic hydroxyl groups excluding tert-OH is 1. The summed E-state index contributed by atoms with van der Waals surface area (Å²) in [5.41, 5.74) is 1.35. The van der Waals surface area contributed by atoms with E-state index >= 15 is 0 Å². The van der Waals surface area contributed by atoms with E-state index in [0.717, 1.165) is 38.0 Å². The number of nitrogens with one attached hydrogen (secondary N) is 1. The summed E-state index contributed by atoms with van der Waals surface area (Å²) in [5.74, 6) is 0.918. The summed E-state index contributed by atoms with van der Waals surface area (Å²) in [7, 11) is 0. The Bertz CT molecular complexity index is 324. The van der Waals surface area contributed by atoms with Crippen molar-refractivity contribution in [2.24, 2.45) is 0 Å². The lowest BCUT2D eigenvalue weighted by Gasteiger charge is -2.12. The van der Waals surface area contributed by atoms with Gasteiger partial charge in [0.15, 0.2) is 0 Å². The number of ether oxygens (including phenoxy) is 1. The average Bonchev–Trinajstić information content (AvgIpc) is 2.43. The molecule has 1 unspecified atom stereocenters. The first-order chi connectivity index (χ1) is 9.26. The maximum atomic E-state index is 8.68. The van der Waals surface area contributed by atoms with Crippen LogP contribution < -0.4 is 10.1 Å². The molecule has 0 aliphatic carbocycles. The zero-order valence-electron chi connectivity index (χ0n) is 12.2. The Kier molecular flexibility index (Phi) is 8.26. The number of rotatable bonds is 10. The molecule has 0 aliphatic rings. The smallest absolute Gasteiger partial charge is 0.119 e. The Labute approximate surface area is 117 Å². The molecular formula is C16H27NO2. The van der Waals surface area contributed by atoms with E-state index in [-0.39, 0.29) is 6.61 Å². The molecule has 3 heteroatoms. The Morgan fingerprint density at radius 2 is 1.95 bits per heavy atom. The Morgan fingerprint density at radius 3 is 2.58 bits per heavy atom. The van der Waals surface area contributed by atoms with Crippen molar-refractivity contribution in [1.29, 1.82) is 0 Å². The van der Waals surface area contributed by atoms with Crippen LogP contribution in [-0.4, -0.2) is 30.9 Å². The van der Waals surface area contributed by atoms with Gasteiger partial charge in [-0.15, -0.1) is 0 Å². The highest BCUT2D eigenvalue weighted by molar-refractivity contribution is 5.27. The highest BCUT2D eigenvalue weighted by Crippen LogP contribution is 2.14. The van der Waals surface area contributed by atoms with Crippen molar-refractivity contribution in [2.75, 3.05) is 19.8 Å². The van der Waals surface area contributed by atoms with Crippen LogP contribution in [0.2, 0.25) is 0 Å². The van der Waals surface area contributed by atoms with Gasteiger partial charge in [0.05, 0.1) is 6.61 Å². The topological polar surface area (TPSA) is 41.5 Å². The number of aliphatic hydroxyl groups is 1. The highest BCUT2D eigenvalue weighted by Gasteiger charge is 2.01. The predicted octanol–water partition coefficient (Wildman–Crippen LogP) is 2.77. The summed E-state index contributed by atoms with van der Waals surface area (Å²) in [6, 6.07) is 8.91. The number of aryl methyl sites for hydroxylation is 1. The Hall–Kier alpha value is -1.06. The van der Waals surface area contributed by atoms with Gasteiger partial charge in [-0.25, -0.2) is 0 Å². The van der Waals surface area contributed by atoms with Crippen molar-refractivity contribution in [1.82, 2.24) is 5.32 Å². The maximum absolute atomic E-state index is 8.68. The third-order valence-corrected chi connectivity index (χ3v) is 3.16. The molecule has 108 valence electrons. The van der Waals surface area contributed by atoms with E-state index in [1.54, 1.807) is 0 Å². The van der Waals surface area contributed by atoms with Crippen LogP contribution in [0, 0.1) is 0 Å². The van der Waals surface area contributed by atoms with Gasteiger partial charge >= 0.3 is 0 Å². The summed E-state index contributed by atoms with van der Waals surface area (Å²) in [5, 5.41) is 12.1. The van der Waals surface area contributed by atoms with Crippen LogP contribution >= 0.6 is 0 Å². The molecule has 1 aromatic rings. The molecule has 1 aromatic carbocycles. The number of hydrogen-bond donors (Lipinski definition) is 2. The van der Waals surface area contributed by atoms with Crippen molar-refractivity contribution in [3.05, 3.63) is 29.8 Å². The summed E-state index contributed by atoms with van der Waals surface area (Å²) in [6.45, 7) is 6.31. The molecule has 0 saturated carbocycles. The lowest BCUT2D eigenvalue weighted by Crippen LogP contribution is -2.25. The van der Waals surface area contributed by atoms with Crippen molar-refractivity contribution in [3.63, 3.8) is 0 Å². The fourth-order valence-electron chi connectivity index (χ4n) is 1.99. The van der Waals surface area contributed by atoms with Gasteiger partial charge in [0.2, 0.25) is 0 Å². The first-order valence-corrected chi connectivity index (χ1v) is 7.32. The molecule has 2 N–H and O–H groups in total. The van der Waals surface area contributed by atoms with Crippen LogP contribution in [0.4, 0.5) is 0 Å². The average molecular weight is 265 g/mol. The van der Waals surface area contributed by atoms with Gasteiger partial charge in [0.1, 0.15) is 5.75 Å². The molecule has 0 aromatic heterocycles. The second kappa shape index (κ2) is 9.82. The lowest BCUT2D eigenvalue weighted by molar-refractivity contribution is 0.253. The van der Waals surface area contributed by atoms with Gasteiger partial charge in [0.25, 0.3) is 0 Å². The van der Waals surface area contributed by atoms with Crippen LogP contribution in [0.1, 0.15) is 38.7 Å². The molecule has 0 amide bonds. The van der Waals surface area contributed by atoms with Gasteiger partial charge in [0, 0.05) is 12.6 Å². The van der Waals surface area contributed by atoms with Crippen molar-refractivity contribution >= 4 is 0 Å². The minimum Gasteiger partial charge on any atom is -0.494 e. The third-order valence-electron chi connectivity index (χ3n) is 3.16. The van der Waals surface area contributed by atoms with Gasteiger partial charge in [-0.05, 0) is 56.8 Å². The molecule has 0 heterocycles. The monoisotopic (exact) mass is 265 g/mol. The summed E-state index contributed by atoms with van der Waals surface area (Å²) in [6.07, 6.45) is 3.96. The molecule has 0 saturated heterocycles. The normalized spacial score (nSPS) is 12.4. The second-order valence-corrected chi connectivity index (χ2v) is 4.92. The van der Waals surface area contributed by atoms with Crippen LogP contribution in [0.25, 0.3) is 0 Å². The first kappa shape index (κ1) is 16.0. The molecular weight excluding hydrogens is 238 g/mol. The van der Waals surface area contributed by atoms with E-state index in [9.17, 15) is 0 Å². The van der Waals surface area contributed by atoms with E-state index in [0.29, 0.717) is 12.6 Å². The van der Waals surface area contributed by atoms with E-state index in [4.69, 9.17) is 9.84 Å². The van der Waals surface area contributed by atoms with Gasteiger partial charge < -0.3 is 15.2 Å². The molecule has 0 fully saturated rings. The SMILES string of the molecule is CCNC(C)CCc1ccc(OCCCCO)cc1. The van der Waals surface area contributed by atoms with E-state index in [1.165, 1.54) is 5.56 Å². The summed E-state index contributed by atoms with van der Waals surface area (Å²) < 4.78 is 5.60. The molecule has 0 spiro atoms. The molecule has 19 heavy (non-hydrogen) atoms. The minimum atomic E-state index is 0.242.